The summed E-state index contributed by atoms with van der Waals surface area (Å²) in [5.41, 5.74) is 1.28. The molecule has 0 spiro atoms. The van der Waals surface area contributed by atoms with E-state index in [9.17, 15) is 14.4 Å². The monoisotopic (exact) mass is 475 g/mol. The highest BCUT2D eigenvalue weighted by molar-refractivity contribution is 6.08. The highest BCUT2D eigenvalue weighted by Gasteiger charge is 2.18. The predicted molar refractivity (Wildman–Crippen MR) is 136 cm³/mol. The van der Waals surface area contributed by atoms with Crippen molar-refractivity contribution in [3.8, 4) is 11.5 Å². The number of benzene rings is 3. The van der Waals surface area contributed by atoms with Gasteiger partial charge >= 0.3 is 0 Å². The van der Waals surface area contributed by atoms with Gasteiger partial charge in [0, 0.05) is 33.6 Å². The van der Waals surface area contributed by atoms with Crippen LogP contribution in [0.3, 0.4) is 0 Å². The normalized spacial score (nSPS) is 10.8. The summed E-state index contributed by atoms with van der Waals surface area (Å²) >= 11 is 0. The summed E-state index contributed by atoms with van der Waals surface area (Å²) in [6.45, 7) is 5.60. The minimum Gasteiger partial charge on any atom is -0.497 e. The maximum Gasteiger partial charge on any atom is 0.255 e. The molecule has 182 valence electrons. The molecule has 0 heterocycles. The molecular weight excluding hydrogens is 446 g/mol. The number of methoxy groups -OCH3 is 2. The van der Waals surface area contributed by atoms with Gasteiger partial charge < -0.3 is 25.4 Å². The van der Waals surface area contributed by atoms with Gasteiger partial charge in [0.2, 0.25) is 0 Å². The number of anilines is 2. The van der Waals surface area contributed by atoms with Crippen molar-refractivity contribution in [3.05, 3.63) is 83.4 Å². The smallest absolute Gasteiger partial charge is 0.255 e. The number of hydrogen-bond acceptors (Lipinski definition) is 5. The number of ether oxygens (including phenoxy) is 2. The lowest BCUT2D eigenvalue weighted by Crippen LogP contribution is -2.40. The highest BCUT2D eigenvalue weighted by atomic mass is 16.5. The molecule has 35 heavy (non-hydrogen) atoms. The molecule has 3 amide bonds. The Morgan fingerprint density at radius 2 is 1.09 bits per heavy atom. The summed E-state index contributed by atoms with van der Waals surface area (Å²) in [7, 11) is 3.04. The molecule has 0 aliphatic rings. The van der Waals surface area contributed by atoms with Crippen LogP contribution in [0.25, 0.3) is 0 Å². The summed E-state index contributed by atoms with van der Waals surface area (Å²) in [5, 5.41) is 8.48. The van der Waals surface area contributed by atoms with Crippen LogP contribution in [0.4, 0.5) is 11.4 Å². The lowest BCUT2D eigenvalue weighted by atomic mass is 10.1. The first-order chi connectivity index (χ1) is 16.6. The molecule has 0 atom stereocenters. The molecule has 0 unspecified atom stereocenters. The topological polar surface area (TPSA) is 106 Å². The third-order valence-electron chi connectivity index (χ3n) is 4.86. The van der Waals surface area contributed by atoms with Crippen LogP contribution in [0, 0.1) is 0 Å². The molecule has 0 radical (unpaired) electrons. The number of carbonyl (C=O) groups excluding carboxylic acids is 3. The van der Waals surface area contributed by atoms with Gasteiger partial charge in [-0.25, -0.2) is 0 Å². The number of amides is 3. The van der Waals surface area contributed by atoms with Crippen molar-refractivity contribution in [2.75, 3.05) is 24.9 Å². The summed E-state index contributed by atoms with van der Waals surface area (Å²) in [6.07, 6.45) is 0. The average Bonchev–Trinajstić information content (AvgIpc) is 2.82. The van der Waals surface area contributed by atoms with Crippen molar-refractivity contribution >= 4 is 29.1 Å². The molecule has 0 saturated carbocycles. The number of hydrogen-bond donors (Lipinski definition) is 3. The molecule has 0 fully saturated rings. The largest absolute Gasteiger partial charge is 0.497 e. The van der Waals surface area contributed by atoms with Gasteiger partial charge in [-0.3, -0.25) is 14.4 Å². The van der Waals surface area contributed by atoms with Crippen molar-refractivity contribution < 1.29 is 23.9 Å². The molecule has 0 aromatic heterocycles. The Bertz CT molecular complexity index is 1170. The molecule has 3 N–H and O–H groups in total. The first-order valence-electron chi connectivity index (χ1n) is 11.0. The molecule has 0 saturated heterocycles. The fourth-order valence-electron chi connectivity index (χ4n) is 3.25. The van der Waals surface area contributed by atoms with E-state index in [0.29, 0.717) is 34.0 Å². The van der Waals surface area contributed by atoms with Gasteiger partial charge in [0.25, 0.3) is 17.7 Å². The van der Waals surface area contributed by atoms with Gasteiger partial charge in [0.15, 0.2) is 0 Å². The Hall–Kier alpha value is -4.33. The van der Waals surface area contributed by atoms with E-state index in [1.807, 2.05) is 20.8 Å². The molecule has 3 rings (SSSR count). The van der Waals surface area contributed by atoms with Crippen LogP contribution in [-0.4, -0.2) is 37.5 Å². The standard InChI is InChI=1S/C27H29N3O5/c1-27(2,3)30-26(33)19-12-20(28-24(31)17-8-6-10-22(14-17)34-4)16-21(13-19)29-25(32)18-9-7-11-23(15-18)35-5/h6-16H,1-5H3,(H,28,31)(H,29,32)(H,30,33). The van der Waals surface area contributed by atoms with Crippen LogP contribution in [0.2, 0.25) is 0 Å². The second kappa shape index (κ2) is 10.7. The zero-order valence-corrected chi connectivity index (χ0v) is 20.4. The van der Waals surface area contributed by atoms with E-state index in [0.717, 1.165) is 0 Å². The summed E-state index contributed by atoms with van der Waals surface area (Å²) in [5.74, 6) is -0.0269. The Labute approximate surface area is 204 Å². The fourth-order valence-corrected chi connectivity index (χ4v) is 3.25. The van der Waals surface area contributed by atoms with Crippen LogP contribution in [0.5, 0.6) is 11.5 Å². The first kappa shape index (κ1) is 25.3. The predicted octanol–water partition coefficient (Wildman–Crippen LogP) is 4.74. The average molecular weight is 476 g/mol. The molecule has 8 heteroatoms. The van der Waals surface area contributed by atoms with Gasteiger partial charge in [-0.15, -0.1) is 0 Å². The zero-order chi connectivity index (χ0) is 25.6. The first-order valence-corrected chi connectivity index (χ1v) is 11.0. The van der Waals surface area contributed by atoms with E-state index in [1.54, 1.807) is 66.7 Å². The Balaban J connectivity index is 1.92. The summed E-state index contributed by atoms with van der Waals surface area (Å²) in [6, 6.07) is 18.1. The Kier molecular flexibility index (Phi) is 7.76. The van der Waals surface area contributed by atoms with E-state index in [1.165, 1.54) is 14.2 Å². The highest BCUT2D eigenvalue weighted by Crippen LogP contribution is 2.23. The third-order valence-corrected chi connectivity index (χ3v) is 4.86. The number of nitrogens with one attached hydrogen (secondary N) is 3. The molecule has 0 aliphatic carbocycles. The van der Waals surface area contributed by atoms with Crippen LogP contribution < -0.4 is 25.4 Å². The molecule has 8 nitrogen and oxygen atoms in total. The zero-order valence-electron chi connectivity index (χ0n) is 20.4. The van der Waals surface area contributed by atoms with E-state index in [4.69, 9.17) is 9.47 Å². The summed E-state index contributed by atoms with van der Waals surface area (Å²) in [4.78, 5) is 38.6. The lowest BCUT2D eigenvalue weighted by Gasteiger charge is -2.21. The van der Waals surface area contributed by atoms with Crippen LogP contribution in [0.15, 0.2) is 66.7 Å². The van der Waals surface area contributed by atoms with Gasteiger partial charge in [-0.1, -0.05) is 12.1 Å². The second-order valence-electron chi connectivity index (χ2n) is 8.88. The minimum atomic E-state index is -0.471. The van der Waals surface area contributed by atoms with Gasteiger partial charge in [0.05, 0.1) is 14.2 Å². The molecule has 3 aromatic carbocycles. The van der Waals surface area contributed by atoms with Crippen molar-refractivity contribution in [3.63, 3.8) is 0 Å². The van der Waals surface area contributed by atoms with Crippen LogP contribution >= 0.6 is 0 Å². The van der Waals surface area contributed by atoms with Gasteiger partial charge in [-0.2, -0.15) is 0 Å². The van der Waals surface area contributed by atoms with Crippen molar-refractivity contribution in [2.24, 2.45) is 0 Å². The van der Waals surface area contributed by atoms with Crippen molar-refractivity contribution in [1.82, 2.24) is 5.32 Å². The van der Waals surface area contributed by atoms with E-state index < -0.39 is 5.54 Å². The van der Waals surface area contributed by atoms with Crippen LogP contribution in [-0.2, 0) is 0 Å². The van der Waals surface area contributed by atoms with Crippen molar-refractivity contribution in [2.45, 2.75) is 26.3 Å². The quantitative estimate of drug-likeness (QED) is 0.458. The van der Waals surface area contributed by atoms with Gasteiger partial charge in [0.1, 0.15) is 11.5 Å². The molecule has 3 aromatic rings. The SMILES string of the molecule is COc1cccc(C(=O)Nc2cc(NC(=O)c3cccc(OC)c3)cc(C(=O)NC(C)(C)C)c2)c1. The van der Waals surface area contributed by atoms with Gasteiger partial charge in [-0.05, 0) is 75.4 Å². The maximum absolute atomic E-state index is 12.9. The number of carbonyl (C=O) groups is 3. The number of rotatable bonds is 7. The molecular formula is C27H29N3O5. The Morgan fingerprint density at radius 1 is 0.629 bits per heavy atom. The van der Waals surface area contributed by atoms with E-state index >= 15 is 0 Å². The van der Waals surface area contributed by atoms with E-state index in [2.05, 4.69) is 16.0 Å². The minimum absolute atomic E-state index is 0.282. The lowest BCUT2D eigenvalue weighted by molar-refractivity contribution is 0.0917. The molecule has 0 aliphatic heterocycles. The third kappa shape index (κ3) is 7.07. The van der Waals surface area contributed by atoms with Crippen molar-refractivity contribution in [1.29, 1.82) is 0 Å². The summed E-state index contributed by atoms with van der Waals surface area (Å²) < 4.78 is 10.4. The second-order valence-corrected chi connectivity index (χ2v) is 8.88. The van der Waals surface area contributed by atoms with Crippen LogP contribution in [0.1, 0.15) is 51.8 Å². The fraction of sp³-hybridized carbons (Fsp3) is 0.222. The Morgan fingerprint density at radius 3 is 1.49 bits per heavy atom. The maximum atomic E-state index is 12.9. The van der Waals surface area contributed by atoms with E-state index in [-0.39, 0.29) is 23.3 Å². The molecule has 0 bridgehead atoms.